The Morgan fingerprint density at radius 2 is 2.11 bits per heavy atom. The normalized spacial score (nSPS) is 17.3. The minimum atomic E-state index is -0.0232. The third-order valence-electron chi connectivity index (χ3n) is 1.69. The summed E-state index contributed by atoms with van der Waals surface area (Å²) in [5.74, 6) is 0.458. The van der Waals surface area contributed by atoms with Crippen LogP contribution in [0, 0.1) is 5.92 Å². The Bertz CT molecular complexity index is 65.9. The molecule has 0 saturated heterocycles. The number of hydrogen-bond acceptors (Lipinski definition) is 2. The zero-order valence-electron chi connectivity index (χ0n) is 6.30. The van der Waals surface area contributed by atoms with Gasteiger partial charge in [-0.2, -0.15) is 0 Å². The highest BCUT2D eigenvalue weighted by atomic mass is 16.3. The molecule has 2 atom stereocenters. The number of aliphatic hydroxyl groups is 1. The van der Waals surface area contributed by atoms with Gasteiger partial charge in [0.25, 0.3) is 0 Å². The van der Waals surface area contributed by atoms with E-state index in [0.717, 1.165) is 12.8 Å². The van der Waals surface area contributed by atoms with Crippen LogP contribution in [0.25, 0.3) is 0 Å². The number of hydrogen-bond donors (Lipinski definition) is 2. The molecule has 3 N–H and O–H groups in total. The largest absolute Gasteiger partial charge is 0.395 e. The van der Waals surface area contributed by atoms with Gasteiger partial charge in [-0.25, -0.2) is 0 Å². The van der Waals surface area contributed by atoms with Crippen molar-refractivity contribution in [3.05, 3.63) is 0 Å². The first-order valence-electron chi connectivity index (χ1n) is 3.58. The highest BCUT2D eigenvalue weighted by Crippen LogP contribution is 2.07. The molecular formula is C7H17NO. The third-order valence-corrected chi connectivity index (χ3v) is 1.69. The minimum absolute atomic E-state index is 0.0232. The van der Waals surface area contributed by atoms with E-state index in [1.54, 1.807) is 0 Å². The molecule has 0 saturated carbocycles. The van der Waals surface area contributed by atoms with E-state index in [1.165, 1.54) is 0 Å². The SMILES string of the molecule is CCC[C@H](C)[C@H](N)CO. The Hall–Kier alpha value is -0.0800. The van der Waals surface area contributed by atoms with Crippen LogP contribution in [0.15, 0.2) is 0 Å². The molecular weight excluding hydrogens is 114 g/mol. The molecule has 0 heterocycles. The van der Waals surface area contributed by atoms with Gasteiger partial charge in [-0.05, 0) is 12.3 Å². The summed E-state index contributed by atoms with van der Waals surface area (Å²) < 4.78 is 0. The van der Waals surface area contributed by atoms with E-state index >= 15 is 0 Å². The van der Waals surface area contributed by atoms with Gasteiger partial charge in [-0.3, -0.25) is 0 Å². The van der Waals surface area contributed by atoms with Gasteiger partial charge >= 0.3 is 0 Å². The van der Waals surface area contributed by atoms with Gasteiger partial charge in [0.15, 0.2) is 0 Å². The van der Waals surface area contributed by atoms with Crippen LogP contribution >= 0.6 is 0 Å². The van der Waals surface area contributed by atoms with Crippen molar-refractivity contribution in [2.45, 2.75) is 32.7 Å². The molecule has 0 aromatic rings. The van der Waals surface area contributed by atoms with Gasteiger partial charge in [0.2, 0.25) is 0 Å². The van der Waals surface area contributed by atoms with E-state index in [-0.39, 0.29) is 12.6 Å². The second-order valence-electron chi connectivity index (χ2n) is 2.61. The molecule has 0 aromatic heterocycles. The summed E-state index contributed by atoms with van der Waals surface area (Å²) >= 11 is 0. The molecule has 0 fully saturated rings. The highest BCUT2D eigenvalue weighted by Gasteiger charge is 2.08. The molecule has 9 heavy (non-hydrogen) atoms. The number of nitrogens with two attached hydrogens (primary N) is 1. The van der Waals surface area contributed by atoms with Crippen LogP contribution in [0.1, 0.15) is 26.7 Å². The molecule has 56 valence electrons. The number of rotatable bonds is 4. The van der Waals surface area contributed by atoms with Crippen molar-refractivity contribution >= 4 is 0 Å². The Morgan fingerprint density at radius 3 is 2.44 bits per heavy atom. The van der Waals surface area contributed by atoms with Crippen molar-refractivity contribution in [1.82, 2.24) is 0 Å². The molecule has 0 unspecified atom stereocenters. The first-order chi connectivity index (χ1) is 4.22. The molecule has 0 aliphatic heterocycles. The van der Waals surface area contributed by atoms with Gasteiger partial charge in [-0.1, -0.05) is 20.3 Å². The fourth-order valence-electron chi connectivity index (χ4n) is 0.849. The van der Waals surface area contributed by atoms with E-state index in [1.807, 2.05) is 0 Å². The van der Waals surface area contributed by atoms with Gasteiger partial charge < -0.3 is 10.8 Å². The zero-order chi connectivity index (χ0) is 7.28. The first kappa shape index (κ1) is 8.92. The predicted octanol–water partition coefficient (Wildman–Crippen LogP) is 0.742. The summed E-state index contributed by atoms with van der Waals surface area (Å²) in [6.07, 6.45) is 2.26. The van der Waals surface area contributed by atoms with Gasteiger partial charge in [0.1, 0.15) is 0 Å². The van der Waals surface area contributed by atoms with Crippen LogP contribution in [-0.4, -0.2) is 17.8 Å². The lowest BCUT2D eigenvalue weighted by atomic mass is 9.99. The Balaban J connectivity index is 3.32. The summed E-state index contributed by atoms with van der Waals surface area (Å²) in [5, 5.41) is 8.61. The standard InChI is InChI=1S/C7H17NO/c1-3-4-6(2)7(8)5-9/h6-7,9H,3-5,8H2,1-2H3/t6-,7+/m0/s1. The first-order valence-corrected chi connectivity index (χ1v) is 3.58. The highest BCUT2D eigenvalue weighted by molar-refractivity contribution is 4.66. The summed E-state index contributed by atoms with van der Waals surface area (Å²) in [5.41, 5.74) is 5.55. The molecule has 0 amide bonds. The van der Waals surface area contributed by atoms with E-state index in [4.69, 9.17) is 10.8 Å². The lowest BCUT2D eigenvalue weighted by molar-refractivity contribution is 0.227. The van der Waals surface area contributed by atoms with Crippen molar-refractivity contribution in [2.75, 3.05) is 6.61 Å². The second kappa shape index (κ2) is 4.77. The Morgan fingerprint density at radius 1 is 1.56 bits per heavy atom. The van der Waals surface area contributed by atoms with Crippen LogP contribution in [0.5, 0.6) is 0 Å². The molecule has 2 nitrogen and oxygen atoms in total. The summed E-state index contributed by atoms with van der Waals surface area (Å²) in [7, 11) is 0. The Kier molecular flexibility index (Phi) is 4.72. The van der Waals surface area contributed by atoms with Crippen molar-refractivity contribution in [2.24, 2.45) is 11.7 Å². The quantitative estimate of drug-likeness (QED) is 0.591. The fraction of sp³-hybridized carbons (Fsp3) is 1.00. The lowest BCUT2D eigenvalue weighted by Crippen LogP contribution is -2.31. The molecule has 0 radical (unpaired) electrons. The van der Waals surface area contributed by atoms with Crippen molar-refractivity contribution < 1.29 is 5.11 Å². The Labute approximate surface area is 57.1 Å². The molecule has 2 heteroatoms. The topological polar surface area (TPSA) is 46.2 Å². The van der Waals surface area contributed by atoms with Gasteiger partial charge in [0.05, 0.1) is 6.61 Å². The molecule has 0 bridgehead atoms. The molecule has 0 spiro atoms. The zero-order valence-corrected chi connectivity index (χ0v) is 6.30. The van der Waals surface area contributed by atoms with E-state index < -0.39 is 0 Å². The van der Waals surface area contributed by atoms with E-state index in [2.05, 4.69) is 13.8 Å². The van der Waals surface area contributed by atoms with Crippen molar-refractivity contribution in [3.63, 3.8) is 0 Å². The van der Waals surface area contributed by atoms with Gasteiger partial charge in [-0.15, -0.1) is 0 Å². The summed E-state index contributed by atoms with van der Waals surface area (Å²) in [6.45, 7) is 4.31. The molecule has 0 aliphatic rings. The van der Waals surface area contributed by atoms with Crippen molar-refractivity contribution in [1.29, 1.82) is 0 Å². The maximum Gasteiger partial charge on any atom is 0.0585 e. The van der Waals surface area contributed by atoms with Gasteiger partial charge in [0, 0.05) is 6.04 Å². The maximum absolute atomic E-state index is 8.61. The van der Waals surface area contributed by atoms with Crippen LogP contribution in [0.3, 0.4) is 0 Å². The van der Waals surface area contributed by atoms with Crippen LogP contribution in [-0.2, 0) is 0 Å². The monoisotopic (exact) mass is 131 g/mol. The molecule has 0 rings (SSSR count). The average molecular weight is 131 g/mol. The van der Waals surface area contributed by atoms with E-state index in [9.17, 15) is 0 Å². The van der Waals surface area contributed by atoms with Crippen molar-refractivity contribution in [3.8, 4) is 0 Å². The number of aliphatic hydroxyl groups excluding tert-OH is 1. The average Bonchev–Trinajstić information content (AvgIpc) is 1.87. The predicted molar refractivity (Wildman–Crippen MR) is 39.1 cm³/mol. The molecule has 0 aromatic carbocycles. The second-order valence-corrected chi connectivity index (χ2v) is 2.61. The van der Waals surface area contributed by atoms with Crippen LogP contribution in [0.4, 0.5) is 0 Å². The van der Waals surface area contributed by atoms with E-state index in [0.29, 0.717) is 5.92 Å². The van der Waals surface area contributed by atoms with Crippen LogP contribution in [0.2, 0.25) is 0 Å². The minimum Gasteiger partial charge on any atom is -0.395 e. The third kappa shape index (κ3) is 3.49. The summed E-state index contributed by atoms with van der Waals surface area (Å²) in [6, 6.07) is -0.0232. The smallest absolute Gasteiger partial charge is 0.0585 e. The van der Waals surface area contributed by atoms with Crippen LogP contribution < -0.4 is 5.73 Å². The molecule has 0 aliphatic carbocycles. The lowest BCUT2D eigenvalue weighted by Gasteiger charge is -2.15. The fourth-order valence-corrected chi connectivity index (χ4v) is 0.849. The summed E-state index contributed by atoms with van der Waals surface area (Å²) in [4.78, 5) is 0. The maximum atomic E-state index is 8.61.